The van der Waals surface area contributed by atoms with Crippen molar-refractivity contribution in [2.75, 3.05) is 0 Å². The highest BCUT2D eigenvalue weighted by Crippen LogP contribution is 2.45. The van der Waals surface area contributed by atoms with Crippen molar-refractivity contribution in [2.24, 2.45) is 0 Å². The molecule has 0 radical (unpaired) electrons. The van der Waals surface area contributed by atoms with Crippen LogP contribution in [0.1, 0.15) is 33.6 Å². The molecule has 2 unspecified atom stereocenters. The second-order valence-corrected chi connectivity index (χ2v) is 12.1. The van der Waals surface area contributed by atoms with Crippen LogP contribution in [-0.2, 0) is 0 Å². The SMILES string of the molecule is IPC(c1ccccc1)c1ccccc1.IPC(c1ccccc1)c1ccccc1. The lowest BCUT2D eigenvalue weighted by Gasteiger charge is -2.14. The summed E-state index contributed by atoms with van der Waals surface area (Å²) in [7, 11) is 0. The third-order valence-corrected chi connectivity index (χ3v) is 10.3. The van der Waals surface area contributed by atoms with E-state index in [9.17, 15) is 0 Å². The number of hydrogen-bond donors (Lipinski definition) is 0. The van der Waals surface area contributed by atoms with Crippen LogP contribution in [0.5, 0.6) is 0 Å². The molecule has 0 aliphatic heterocycles. The highest BCUT2D eigenvalue weighted by molar-refractivity contribution is 14.2. The predicted octanol–water partition coefficient (Wildman–Crippen LogP) is 9.61. The van der Waals surface area contributed by atoms with Crippen LogP contribution in [0.25, 0.3) is 0 Å². The molecule has 4 aromatic carbocycles. The highest BCUT2D eigenvalue weighted by Gasteiger charge is 2.12. The summed E-state index contributed by atoms with van der Waals surface area (Å²) in [5, 5.41) is 0. The monoisotopic (exact) mass is 652 g/mol. The molecule has 0 amide bonds. The zero-order valence-corrected chi connectivity index (χ0v) is 22.8. The molecular formula is C26H24I2P2. The summed E-state index contributed by atoms with van der Waals surface area (Å²) in [5.41, 5.74) is 6.75. The van der Waals surface area contributed by atoms with Gasteiger partial charge in [0.15, 0.2) is 0 Å². The van der Waals surface area contributed by atoms with Gasteiger partial charge in [-0.25, -0.2) is 0 Å². The first-order valence-corrected chi connectivity index (χ1v) is 18.1. The van der Waals surface area contributed by atoms with Gasteiger partial charge in [0, 0.05) is 11.3 Å². The molecular weight excluding hydrogens is 628 g/mol. The van der Waals surface area contributed by atoms with Gasteiger partial charge >= 0.3 is 0 Å². The van der Waals surface area contributed by atoms with Crippen molar-refractivity contribution in [1.82, 2.24) is 0 Å². The lowest BCUT2D eigenvalue weighted by Crippen LogP contribution is -1.92. The largest absolute Gasteiger partial charge is 0.0622 e. The van der Waals surface area contributed by atoms with E-state index in [4.69, 9.17) is 0 Å². The van der Waals surface area contributed by atoms with Crippen LogP contribution in [0, 0.1) is 0 Å². The molecule has 0 saturated carbocycles. The Labute approximate surface area is 209 Å². The molecule has 152 valence electrons. The van der Waals surface area contributed by atoms with Gasteiger partial charge in [0.05, 0.1) is 0 Å². The van der Waals surface area contributed by atoms with Crippen molar-refractivity contribution in [3.63, 3.8) is 0 Å². The van der Waals surface area contributed by atoms with E-state index >= 15 is 0 Å². The van der Waals surface area contributed by atoms with E-state index < -0.39 is 0 Å². The Morgan fingerprint density at radius 3 is 0.733 bits per heavy atom. The van der Waals surface area contributed by atoms with Crippen LogP contribution in [0.2, 0.25) is 0 Å². The Hall–Kier alpha value is -0.800. The average molecular weight is 652 g/mol. The lowest BCUT2D eigenvalue weighted by atomic mass is 10.0. The van der Waals surface area contributed by atoms with Gasteiger partial charge in [-0.1, -0.05) is 165 Å². The number of halogens is 2. The Bertz CT molecular complexity index is 803. The van der Waals surface area contributed by atoms with Crippen LogP contribution in [-0.4, -0.2) is 0 Å². The standard InChI is InChI=1S/2C13H12IP/c2*14-15-13(11-7-3-1-4-8-11)12-9-5-2-6-10-12/h2*1-10,13,15H. The van der Waals surface area contributed by atoms with Gasteiger partial charge in [-0.3, -0.25) is 0 Å². The van der Waals surface area contributed by atoms with Gasteiger partial charge in [-0.15, -0.1) is 0 Å². The van der Waals surface area contributed by atoms with Gasteiger partial charge < -0.3 is 0 Å². The first kappa shape index (κ1) is 23.9. The average Bonchev–Trinajstić information content (AvgIpc) is 2.83. The Morgan fingerprint density at radius 2 is 0.567 bits per heavy atom. The molecule has 4 aromatic rings. The highest BCUT2D eigenvalue weighted by atomic mass is 127. The van der Waals surface area contributed by atoms with Gasteiger partial charge in [-0.2, -0.15) is 0 Å². The molecule has 0 saturated heterocycles. The fourth-order valence-corrected chi connectivity index (χ4v) is 8.81. The minimum atomic E-state index is 0.549. The second-order valence-electron chi connectivity index (χ2n) is 6.73. The summed E-state index contributed by atoms with van der Waals surface area (Å²) >= 11 is 4.97. The quantitative estimate of drug-likeness (QED) is 0.144. The Kier molecular flexibility index (Phi) is 10.8. The number of benzene rings is 4. The topological polar surface area (TPSA) is 0 Å². The summed E-state index contributed by atoms with van der Waals surface area (Å²) in [6.45, 7) is 0. The first-order valence-electron chi connectivity index (χ1n) is 9.75. The molecule has 0 spiro atoms. The van der Waals surface area contributed by atoms with E-state index in [2.05, 4.69) is 165 Å². The van der Waals surface area contributed by atoms with Gasteiger partial charge in [0.25, 0.3) is 0 Å². The minimum Gasteiger partial charge on any atom is -0.0622 e. The first-order chi connectivity index (χ1) is 14.8. The molecule has 0 N–H and O–H groups in total. The molecule has 4 heteroatoms. The fraction of sp³-hybridized carbons (Fsp3) is 0.0769. The summed E-state index contributed by atoms with van der Waals surface area (Å²) < 4.78 is 0. The summed E-state index contributed by atoms with van der Waals surface area (Å²) in [6, 6.07) is 42.9. The van der Waals surface area contributed by atoms with E-state index in [1.54, 1.807) is 0 Å². The normalized spacial score (nSPS) is 11.3. The lowest BCUT2D eigenvalue weighted by molar-refractivity contribution is 1.16. The van der Waals surface area contributed by atoms with Crippen LogP contribution < -0.4 is 0 Å². The van der Waals surface area contributed by atoms with E-state index in [-0.39, 0.29) is 0 Å². The van der Waals surface area contributed by atoms with Crippen molar-refractivity contribution in [3.8, 4) is 0 Å². The number of hydrogen-bond acceptors (Lipinski definition) is 0. The summed E-state index contributed by atoms with van der Waals surface area (Å²) in [5.74, 6) is 0. The molecule has 2 atom stereocenters. The van der Waals surface area contributed by atoms with Gasteiger partial charge in [0.1, 0.15) is 0 Å². The fourth-order valence-electron chi connectivity index (χ4n) is 3.22. The maximum Gasteiger partial charge on any atom is 0.0354 e. The molecule has 0 bridgehead atoms. The van der Waals surface area contributed by atoms with E-state index in [1.165, 1.54) is 22.3 Å². The molecule has 0 fully saturated rings. The molecule has 0 aliphatic carbocycles. The van der Waals surface area contributed by atoms with Crippen LogP contribution in [0.4, 0.5) is 0 Å². The minimum absolute atomic E-state index is 0.549. The van der Waals surface area contributed by atoms with Crippen molar-refractivity contribution in [1.29, 1.82) is 0 Å². The molecule has 4 rings (SSSR count). The van der Waals surface area contributed by atoms with E-state index in [0.29, 0.717) is 11.3 Å². The van der Waals surface area contributed by atoms with Gasteiger partial charge in [-0.05, 0) is 34.7 Å². The maximum absolute atomic E-state index is 2.48. The molecule has 0 aromatic heterocycles. The van der Waals surface area contributed by atoms with Crippen molar-refractivity contribution in [3.05, 3.63) is 144 Å². The third kappa shape index (κ3) is 7.12. The van der Waals surface area contributed by atoms with Crippen LogP contribution in [0.15, 0.2) is 121 Å². The molecule has 0 aliphatic rings. The van der Waals surface area contributed by atoms with Crippen molar-refractivity contribution >= 4 is 56.5 Å². The Morgan fingerprint density at radius 1 is 0.367 bits per heavy atom. The molecule has 0 nitrogen and oxygen atoms in total. The second kappa shape index (κ2) is 13.6. The van der Waals surface area contributed by atoms with Gasteiger partial charge in [0.2, 0.25) is 0 Å². The third-order valence-electron chi connectivity index (χ3n) is 4.75. The van der Waals surface area contributed by atoms with Crippen LogP contribution in [0.3, 0.4) is 0 Å². The summed E-state index contributed by atoms with van der Waals surface area (Å²) in [4.78, 5) is 0. The summed E-state index contributed by atoms with van der Waals surface area (Å²) in [6.07, 6.45) is 1.75. The Balaban J connectivity index is 0.000000171. The zero-order valence-electron chi connectivity index (χ0n) is 16.5. The van der Waals surface area contributed by atoms with Crippen molar-refractivity contribution in [2.45, 2.75) is 11.3 Å². The predicted molar refractivity (Wildman–Crippen MR) is 154 cm³/mol. The zero-order chi connectivity index (χ0) is 21.0. The van der Waals surface area contributed by atoms with Crippen LogP contribution >= 0.6 is 56.5 Å². The van der Waals surface area contributed by atoms with E-state index in [1.807, 2.05) is 0 Å². The smallest absolute Gasteiger partial charge is 0.0354 e. The molecule has 0 heterocycles. The number of rotatable bonds is 6. The molecule has 30 heavy (non-hydrogen) atoms. The van der Waals surface area contributed by atoms with Crippen molar-refractivity contribution < 1.29 is 0 Å². The van der Waals surface area contributed by atoms with E-state index in [0.717, 1.165) is 12.4 Å². The maximum atomic E-state index is 2.48.